The Balaban J connectivity index is 0. The molecule has 0 radical (unpaired) electrons. The molecule has 0 saturated heterocycles. The summed E-state index contributed by atoms with van der Waals surface area (Å²) >= 11 is 0. The van der Waals surface area contributed by atoms with Crippen molar-refractivity contribution < 1.29 is 13.6 Å². The van der Waals surface area contributed by atoms with Gasteiger partial charge in [0.2, 0.25) is 11.8 Å². The van der Waals surface area contributed by atoms with Gasteiger partial charge in [-0.1, -0.05) is 27.2 Å². The third-order valence-corrected chi connectivity index (χ3v) is 2.17. The van der Waals surface area contributed by atoms with Gasteiger partial charge in [-0.2, -0.15) is 0 Å². The molecule has 16 heavy (non-hydrogen) atoms. The van der Waals surface area contributed by atoms with E-state index in [1.165, 1.54) is 6.92 Å². The maximum Gasteiger partial charge on any atom is 0.247 e. The van der Waals surface area contributed by atoms with Crippen molar-refractivity contribution in [1.82, 2.24) is 5.32 Å². The molecule has 0 aliphatic carbocycles. The maximum atomic E-state index is 12.3. The fourth-order valence-corrected chi connectivity index (χ4v) is 0.964. The van der Waals surface area contributed by atoms with Gasteiger partial charge in [0.25, 0.3) is 0 Å². The second kappa shape index (κ2) is 10.8. The Labute approximate surface area is 97.8 Å². The number of carbonyl (C=O) groups excluding carboxylic acids is 1. The van der Waals surface area contributed by atoms with Gasteiger partial charge in [0.05, 0.1) is 0 Å². The van der Waals surface area contributed by atoms with Crippen LogP contribution in [0.2, 0.25) is 0 Å². The van der Waals surface area contributed by atoms with E-state index in [0.717, 1.165) is 12.8 Å². The van der Waals surface area contributed by atoms with Gasteiger partial charge in [-0.05, 0) is 12.8 Å². The standard InChI is InChI=1S/C7H14F2.C5H11NO/c1-3-5-6-7(8,9)4-2;1-3-4-5(7)6-2/h3-6H2,1-2H3;3-4H2,1-2H3,(H,6,7). The van der Waals surface area contributed by atoms with Gasteiger partial charge >= 0.3 is 0 Å². The fourth-order valence-electron chi connectivity index (χ4n) is 0.964. The zero-order valence-corrected chi connectivity index (χ0v) is 10.9. The molecular weight excluding hydrogens is 212 g/mol. The Morgan fingerprint density at radius 1 is 1.19 bits per heavy atom. The Hall–Kier alpha value is -0.670. The van der Waals surface area contributed by atoms with Crippen LogP contribution in [-0.2, 0) is 4.79 Å². The van der Waals surface area contributed by atoms with E-state index in [1.54, 1.807) is 7.05 Å². The van der Waals surface area contributed by atoms with Gasteiger partial charge in [-0.15, -0.1) is 0 Å². The highest BCUT2D eigenvalue weighted by molar-refractivity contribution is 5.75. The van der Waals surface area contributed by atoms with Crippen LogP contribution in [0.15, 0.2) is 0 Å². The minimum Gasteiger partial charge on any atom is -0.359 e. The van der Waals surface area contributed by atoms with Crippen LogP contribution in [0.3, 0.4) is 0 Å². The number of hydrogen-bond acceptors (Lipinski definition) is 1. The van der Waals surface area contributed by atoms with Crippen molar-refractivity contribution in [3.8, 4) is 0 Å². The number of rotatable bonds is 6. The van der Waals surface area contributed by atoms with Crippen LogP contribution in [0.1, 0.15) is 59.3 Å². The molecule has 0 atom stereocenters. The van der Waals surface area contributed by atoms with Gasteiger partial charge in [0.15, 0.2) is 0 Å². The van der Waals surface area contributed by atoms with Crippen LogP contribution in [0.4, 0.5) is 8.78 Å². The molecule has 0 aromatic carbocycles. The number of halogens is 2. The molecule has 0 aliphatic rings. The van der Waals surface area contributed by atoms with E-state index in [0.29, 0.717) is 12.8 Å². The quantitative estimate of drug-likeness (QED) is 0.749. The van der Waals surface area contributed by atoms with E-state index in [2.05, 4.69) is 5.32 Å². The topological polar surface area (TPSA) is 29.1 Å². The Kier molecular flexibility index (Phi) is 12.0. The molecule has 0 saturated carbocycles. The molecule has 0 aromatic rings. The average Bonchev–Trinajstić information content (AvgIpc) is 2.27. The summed E-state index contributed by atoms with van der Waals surface area (Å²) < 4.78 is 24.7. The summed E-state index contributed by atoms with van der Waals surface area (Å²) in [7, 11) is 1.65. The van der Waals surface area contributed by atoms with Crippen molar-refractivity contribution in [3.05, 3.63) is 0 Å². The molecule has 0 heterocycles. The van der Waals surface area contributed by atoms with E-state index in [1.807, 2.05) is 13.8 Å². The van der Waals surface area contributed by atoms with E-state index in [4.69, 9.17) is 0 Å². The van der Waals surface area contributed by atoms with Crippen molar-refractivity contribution in [2.75, 3.05) is 7.05 Å². The molecular formula is C12H25F2NO. The van der Waals surface area contributed by atoms with E-state index < -0.39 is 5.92 Å². The number of carbonyl (C=O) groups is 1. The smallest absolute Gasteiger partial charge is 0.247 e. The van der Waals surface area contributed by atoms with Crippen molar-refractivity contribution >= 4 is 5.91 Å². The van der Waals surface area contributed by atoms with Gasteiger partial charge < -0.3 is 5.32 Å². The molecule has 0 spiro atoms. The zero-order valence-electron chi connectivity index (χ0n) is 10.9. The molecule has 0 bridgehead atoms. The number of unbranched alkanes of at least 4 members (excludes halogenated alkanes) is 1. The van der Waals surface area contributed by atoms with Crippen molar-refractivity contribution in [1.29, 1.82) is 0 Å². The summed E-state index contributed by atoms with van der Waals surface area (Å²) in [6.45, 7) is 5.43. The highest BCUT2D eigenvalue weighted by atomic mass is 19.3. The monoisotopic (exact) mass is 237 g/mol. The molecule has 0 rings (SSSR count). The lowest BCUT2D eigenvalue weighted by atomic mass is 10.1. The van der Waals surface area contributed by atoms with Crippen LogP contribution < -0.4 is 5.32 Å². The first-order valence-electron chi connectivity index (χ1n) is 6.01. The summed E-state index contributed by atoms with van der Waals surface area (Å²) in [5.74, 6) is -2.28. The summed E-state index contributed by atoms with van der Waals surface area (Å²) in [5.41, 5.74) is 0. The third kappa shape index (κ3) is 13.3. The molecule has 0 aromatic heterocycles. The predicted octanol–water partition coefficient (Wildman–Crippen LogP) is 3.75. The summed E-state index contributed by atoms with van der Waals surface area (Å²) in [5, 5.41) is 2.53. The van der Waals surface area contributed by atoms with Crippen LogP contribution in [0, 0.1) is 0 Å². The number of alkyl halides is 2. The summed E-state index contributed by atoms with van der Waals surface area (Å²) in [6.07, 6.45) is 3.11. The Morgan fingerprint density at radius 3 is 2.00 bits per heavy atom. The highest BCUT2D eigenvalue weighted by Gasteiger charge is 2.24. The molecule has 4 heteroatoms. The summed E-state index contributed by atoms with van der Waals surface area (Å²) in [6, 6.07) is 0. The molecule has 1 N–H and O–H groups in total. The second-order valence-electron chi connectivity index (χ2n) is 3.74. The fraction of sp³-hybridized carbons (Fsp3) is 0.917. The molecule has 1 amide bonds. The average molecular weight is 237 g/mol. The summed E-state index contributed by atoms with van der Waals surface area (Å²) in [4.78, 5) is 10.3. The minimum atomic E-state index is -2.41. The highest BCUT2D eigenvalue weighted by Crippen LogP contribution is 2.24. The Morgan fingerprint density at radius 2 is 1.75 bits per heavy atom. The molecule has 98 valence electrons. The zero-order chi connectivity index (χ0) is 13.0. The SMILES string of the molecule is CCCC(=O)NC.CCCCC(F)(F)CC. The first-order valence-corrected chi connectivity index (χ1v) is 6.01. The van der Waals surface area contributed by atoms with Crippen molar-refractivity contribution in [3.63, 3.8) is 0 Å². The number of amides is 1. The van der Waals surface area contributed by atoms with Crippen LogP contribution >= 0.6 is 0 Å². The lowest BCUT2D eigenvalue weighted by Crippen LogP contribution is -2.16. The van der Waals surface area contributed by atoms with E-state index in [-0.39, 0.29) is 18.7 Å². The third-order valence-electron chi connectivity index (χ3n) is 2.17. The molecule has 0 fully saturated rings. The number of nitrogens with one attached hydrogen (secondary N) is 1. The minimum absolute atomic E-state index is 0.0208. The van der Waals surface area contributed by atoms with Crippen molar-refractivity contribution in [2.45, 2.75) is 65.2 Å². The largest absolute Gasteiger partial charge is 0.359 e. The Bertz CT molecular complexity index is 172. The molecule has 2 nitrogen and oxygen atoms in total. The van der Waals surface area contributed by atoms with Gasteiger partial charge in [0, 0.05) is 26.3 Å². The molecule has 0 unspecified atom stereocenters. The maximum absolute atomic E-state index is 12.3. The van der Waals surface area contributed by atoms with Gasteiger partial charge in [0.1, 0.15) is 0 Å². The normalized spacial score (nSPS) is 10.4. The van der Waals surface area contributed by atoms with E-state index >= 15 is 0 Å². The van der Waals surface area contributed by atoms with Crippen molar-refractivity contribution in [2.24, 2.45) is 0 Å². The lowest BCUT2D eigenvalue weighted by Gasteiger charge is -2.11. The first-order chi connectivity index (χ1) is 7.43. The first kappa shape index (κ1) is 17.7. The van der Waals surface area contributed by atoms with Crippen LogP contribution in [0.25, 0.3) is 0 Å². The van der Waals surface area contributed by atoms with Gasteiger partial charge in [-0.3, -0.25) is 4.79 Å². The van der Waals surface area contributed by atoms with Crippen LogP contribution in [0.5, 0.6) is 0 Å². The lowest BCUT2D eigenvalue weighted by molar-refractivity contribution is -0.120. The predicted molar refractivity (Wildman–Crippen MR) is 63.7 cm³/mol. The molecule has 0 aliphatic heterocycles. The van der Waals surface area contributed by atoms with Crippen LogP contribution in [-0.4, -0.2) is 18.9 Å². The van der Waals surface area contributed by atoms with Gasteiger partial charge in [-0.25, -0.2) is 8.78 Å². The second-order valence-corrected chi connectivity index (χ2v) is 3.74. The van der Waals surface area contributed by atoms with E-state index in [9.17, 15) is 13.6 Å². The number of hydrogen-bond donors (Lipinski definition) is 1.